The van der Waals surface area contributed by atoms with Crippen LogP contribution >= 0.6 is 0 Å². The molecule has 2 nitrogen and oxygen atoms in total. The lowest BCUT2D eigenvalue weighted by Gasteiger charge is -2.16. The van der Waals surface area contributed by atoms with Crippen molar-refractivity contribution < 1.29 is 0 Å². The molecule has 0 aromatic heterocycles. The maximum atomic E-state index is 9.10. The Morgan fingerprint density at radius 2 is 0.875 bits per heavy atom. The van der Waals surface area contributed by atoms with Crippen LogP contribution in [0.15, 0.2) is 0 Å². The fourth-order valence-electron chi connectivity index (χ4n) is 2.50. The van der Waals surface area contributed by atoms with Crippen LogP contribution in [0.25, 0.3) is 0 Å². The van der Waals surface area contributed by atoms with Gasteiger partial charge in [0.1, 0.15) is 0 Å². The highest BCUT2D eigenvalue weighted by atomic mass is 14.3. The number of nitrogens with zero attached hydrogens (tertiary/aromatic N) is 2. The van der Waals surface area contributed by atoms with Gasteiger partial charge in [0.25, 0.3) is 0 Å². The molecule has 0 saturated heterocycles. The van der Waals surface area contributed by atoms with E-state index in [-0.39, 0.29) is 11.8 Å². The molecule has 2 atom stereocenters. The summed E-state index contributed by atoms with van der Waals surface area (Å²) in [6.45, 7) is 0. The highest BCUT2D eigenvalue weighted by molar-refractivity contribution is 4.97. The van der Waals surface area contributed by atoms with Gasteiger partial charge < -0.3 is 0 Å². The number of hydrogen-bond acceptors (Lipinski definition) is 2. The summed E-state index contributed by atoms with van der Waals surface area (Å²) in [7, 11) is 0. The Kier molecular flexibility index (Phi) is 6.66. The fourth-order valence-corrected chi connectivity index (χ4v) is 2.50. The zero-order valence-corrected chi connectivity index (χ0v) is 10.1. The van der Waals surface area contributed by atoms with E-state index in [2.05, 4.69) is 12.1 Å². The van der Waals surface area contributed by atoms with Crippen LogP contribution in [-0.4, -0.2) is 0 Å². The van der Waals surface area contributed by atoms with E-state index in [0.29, 0.717) is 0 Å². The molecule has 1 rings (SSSR count). The molecule has 0 aromatic rings. The Labute approximate surface area is 99.3 Å². The van der Waals surface area contributed by atoms with Crippen molar-refractivity contribution in [3.63, 3.8) is 0 Å². The van der Waals surface area contributed by atoms with Gasteiger partial charge in [-0.3, -0.25) is 0 Å². The topological polar surface area (TPSA) is 47.6 Å². The van der Waals surface area contributed by atoms with Gasteiger partial charge in [-0.1, -0.05) is 51.4 Å². The normalized spacial score (nSPS) is 29.1. The van der Waals surface area contributed by atoms with E-state index in [0.717, 1.165) is 25.7 Å². The molecule has 1 fully saturated rings. The molecule has 0 spiro atoms. The molecule has 0 amide bonds. The van der Waals surface area contributed by atoms with Gasteiger partial charge in [0.2, 0.25) is 0 Å². The Morgan fingerprint density at radius 1 is 0.562 bits per heavy atom. The summed E-state index contributed by atoms with van der Waals surface area (Å²) in [6, 6.07) is 4.67. The SMILES string of the molecule is N#CC1CCCCCCCCCCC1C#N. The molecule has 0 N–H and O–H groups in total. The third-order valence-electron chi connectivity index (χ3n) is 3.60. The third kappa shape index (κ3) is 4.67. The van der Waals surface area contributed by atoms with Crippen LogP contribution in [0.3, 0.4) is 0 Å². The van der Waals surface area contributed by atoms with Gasteiger partial charge >= 0.3 is 0 Å². The quantitative estimate of drug-likeness (QED) is 0.612. The van der Waals surface area contributed by atoms with E-state index in [1.54, 1.807) is 0 Å². The Bertz CT molecular complexity index is 231. The summed E-state index contributed by atoms with van der Waals surface area (Å²) < 4.78 is 0. The molecular weight excluding hydrogens is 196 g/mol. The Balaban J connectivity index is 2.47. The minimum Gasteiger partial charge on any atom is -0.198 e. The molecule has 1 saturated carbocycles. The molecule has 16 heavy (non-hydrogen) atoms. The first-order valence-electron chi connectivity index (χ1n) is 6.67. The first-order valence-corrected chi connectivity index (χ1v) is 6.67. The number of nitriles is 2. The molecule has 88 valence electrons. The molecule has 2 heteroatoms. The predicted molar refractivity (Wildman–Crippen MR) is 64.4 cm³/mol. The largest absolute Gasteiger partial charge is 0.198 e. The average molecular weight is 218 g/mol. The molecule has 0 radical (unpaired) electrons. The van der Waals surface area contributed by atoms with E-state index in [1.807, 2.05) is 0 Å². The summed E-state index contributed by atoms with van der Waals surface area (Å²) in [4.78, 5) is 0. The minimum absolute atomic E-state index is 0.0237. The van der Waals surface area contributed by atoms with Gasteiger partial charge in [0, 0.05) is 0 Å². The smallest absolute Gasteiger partial charge is 0.0669 e. The van der Waals surface area contributed by atoms with Crippen molar-refractivity contribution in [2.24, 2.45) is 11.8 Å². The molecule has 0 bridgehead atoms. The van der Waals surface area contributed by atoms with Gasteiger partial charge in [-0.05, 0) is 12.8 Å². The van der Waals surface area contributed by atoms with Crippen molar-refractivity contribution in [1.29, 1.82) is 10.5 Å². The van der Waals surface area contributed by atoms with Gasteiger partial charge in [0.15, 0.2) is 0 Å². The first-order chi connectivity index (χ1) is 7.88. The lowest BCUT2D eigenvalue weighted by Crippen LogP contribution is -2.12. The third-order valence-corrected chi connectivity index (χ3v) is 3.60. The first kappa shape index (κ1) is 13.0. The molecule has 2 unspecified atom stereocenters. The zero-order chi connectivity index (χ0) is 11.6. The second-order valence-corrected chi connectivity index (χ2v) is 4.88. The highest BCUT2D eigenvalue weighted by Crippen LogP contribution is 2.25. The zero-order valence-electron chi connectivity index (χ0n) is 10.1. The van der Waals surface area contributed by atoms with Gasteiger partial charge in [0.05, 0.1) is 24.0 Å². The lowest BCUT2D eigenvalue weighted by molar-refractivity contribution is 0.392. The van der Waals surface area contributed by atoms with Crippen molar-refractivity contribution in [2.75, 3.05) is 0 Å². The van der Waals surface area contributed by atoms with E-state index >= 15 is 0 Å². The predicted octanol–water partition coefficient (Wildman–Crippen LogP) is 4.18. The number of hydrogen-bond donors (Lipinski definition) is 0. The Morgan fingerprint density at radius 3 is 1.19 bits per heavy atom. The maximum Gasteiger partial charge on any atom is 0.0669 e. The van der Waals surface area contributed by atoms with E-state index in [1.165, 1.54) is 38.5 Å². The molecule has 0 aromatic carbocycles. The monoisotopic (exact) mass is 218 g/mol. The second-order valence-electron chi connectivity index (χ2n) is 4.88. The van der Waals surface area contributed by atoms with Crippen molar-refractivity contribution in [2.45, 2.75) is 64.2 Å². The summed E-state index contributed by atoms with van der Waals surface area (Å²) >= 11 is 0. The standard InChI is InChI=1S/C14H22N2/c15-11-13-9-7-5-3-1-2-4-6-8-10-14(13)12-16/h13-14H,1-10H2. The van der Waals surface area contributed by atoms with Crippen LogP contribution in [0.4, 0.5) is 0 Å². The fraction of sp³-hybridized carbons (Fsp3) is 0.857. The lowest BCUT2D eigenvalue weighted by atomic mass is 9.85. The van der Waals surface area contributed by atoms with E-state index in [4.69, 9.17) is 10.5 Å². The minimum atomic E-state index is -0.0237. The van der Waals surface area contributed by atoms with Gasteiger partial charge in [-0.15, -0.1) is 0 Å². The summed E-state index contributed by atoms with van der Waals surface area (Å²) in [5, 5.41) is 18.2. The molecule has 0 aliphatic heterocycles. The van der Waals surface area contributed by atoms with Gasteiger partial charge in [-0.2, -0.15) is 10.5 Å². The molecular formula is C14H22N2. The van der Waals surface area contributed by atoms with E-state index < -0.39 is 0 Å². The molecule has 1 aliphatic rings. The van der Waals surface area contributed by atoms with Crippen molar-refractivity contribution in [3.05, 3.63) is 0 Å². The average Bonchev–Trinajstić information content (AvgIpc) is 2.30. The van der Waals surface area contributed by atoms with Crippen LogP contribution in [0.5, 0.6) is 0 Å². The van der Waals surface area contributed by atoms with E-state index in [9.17, 15) is 0 Å². The van der Waals surface area contributed by atoms with Crippen molar-refractivity contribution in [1.82, 2.24) is 0 Å². The van der Waals surface area contributed by atoms with Crippen molar-refractivity contribution in [3.8, 4) is 12.1 Å². The van der Waals surface area contributed by atoms with Crippen LogP contribution in [0.2, 0.25) is 0 Å². The van der Waals surface area contributed by atoms with Gasteiger partial charge in [-0.25, -0.2) is 0 Å². The van der Waals surface area contributed by atoms with Crippen LogP contribution < -0.4 is 0 Å². The van der Waals surface area contributed by atoms with Crippen molar-refractivity contribution >= 4 is 0 Å². The molecule has 0 heterocycles. The van der Waals surface area contributed by atoms with Crippen LogP contribution in [0.1, 0.15) is 64.2 Å². The summed E-state index contributed by atoms with van der Waals surface area (Å²) in [5.41, 5.74) is 0. The van der Waals surface area contributed by atoms with Crippen LogP contribution in [0, 0.1) is 34.5 Å². The molecule has 1 aliphatic carbocycles. The highest BCUT2D eigenvalue weighted by Gasteiger charge is 2.20. The second kappa shape index (κ2) is 8.17. The summed E-state index contributed by atoms with van der Waals surface area (Å²) in [6.07, 6.45) is 11.9. The number of rotatable bonds is 0. The van der Waals surface area contributed by atoms with Crippen LogP contribution in [-0.2, 0) is 0 Å². The Hall–Kier alpha value is -1.02. The summed E-state index contributed by atoms with van der Waals surface area (Å²) in [5.74, 6) is -0.0474. The maximum absolute atomic E-state index is 9.10.